The molecule has 1 aliphatic carbocycles. The predicted molar refractivity (Wildman–Crippen MR) is 55.0 cm³/mol. The highest BCUT2D eigenvalue weighted by Crippen LogP contribution is 1.98. The van der Waals surface area contributed by atoms with E-state index in [0.717, 1.165) is 25.7 Å². The van der Waals surface area contributed by atoms with Gasteiger partial charge in [-0.05, 0) is 25.7 Å². The van der Waals surface area contributed by atoms with Gasteiger partial charge in [-0.1, -0.05) is 48.6 Å². The molecule has 1 aliphatic rings. The zero-order valence-corrected chi connectivity index (χ0v) is 7.45. The molecule has 0 atom stereocenters. The van der Waals surface area contributed by atoms with Crippen molar-refractivity contribution in [1.29, 1.82) is 0 Å². The topological polar surface area (TPSA) is 0 Å². The van der Waals surface area contributed by atoms with Crippen LogP contribution in [0, 0.1) is 0 Å². The van der Waals surface area contributed by atoms with Gasteiger partial charge in [0.25, 0.3) is 0 Å². The van der Waals surface area contributed by atoms with Crippen molar-refractivity contribution >= 4 is 0 Å². The van der Waals surface area contributed by atoms with E-state index >= 15 is 0 Å². The fraction of sp³-hybridized carbons (Fsp3) is 0.333. The van der Waals surface area contributed by atoms with Crippen LogP contribution >= 0.6 is 0 Å². The molecular weight excluding hydrogens is 144 g/mol. The average Bonchev–Trinajstić information content (AvgIpc) is 2.05. The van der Waals surface area contributed by atoms with Crippen LogP contribution in [0.3, 0.4) is 0 Å². The quantitative estimate of drug-likeness (QED) is 0.473. The average molecular weight is 160 g/mol. The third-order valence-corrected chi connectivity index (χ3v) is 1.76. The second-order valence-corrected chi connectivity index (χ2v) is 2.85. The van der Waals surface area contributed by atoms with Crippen molar-refractivity contribution in [2.45, 2.75) is 25.7 Å². The predicted octanol–water partition coefficient (Wildman–Crippen LogP) is 3.79. The smallest absolute Gasteiger partial charge is 0.0166 e. The van der Waals surface area contributed by atoms with Crippen LogP contribution in [0.5, 0.6) is 0 Å². The minimum absolute atomic E-state index is 1.05. The fourth-order valence-corrected chi connectivity index (χ4v) is 1.09. The molecule has 0 saturated heterocycles. The van der Waals surface area contributed by atoms with Crippen molar-refractivity contribution in [2.75, 3.05) is 0 Å². The van der Waals surface area contributed by atoms with E-state index in [1.807, 2.05) is 0 Å². The van der Waals surface area contributed by atoms with E-state index in [1.165, 1.54) is 0 Å². The molecule has 0 aliphatic heterocycles. The van der Waals surface area contributed by atoms with Crippen molar-refractivity contribution in [3.05, 3.63) is 48.6 Å². The van der Waals surface area contributed by atoms with Crippen molar-refractivity contribution in [1.82, 2.24) is 0 Å². The highest BCUT2D eigenvalue weighted by Gasteiger charge is 1.77. The van der Waals surface area contributed by atoms with Gasteiger partial charge >= 0.3 is 0 Å². The molecule has 0 heterocycles. The Morgan fingerprint density at radius 1 is 0.500 bits per heavy atom. The molecule has 0 bridgehead atoms. The molecule has 0 amide bonds. The van der Waals surface area contributed by atoms with Crippen molar-refractivity contribution in [3.63, 3.8) is 0 Å². The SMILES string of the molecule is C1=CC/C=C/C/C=C\CC/C=C\1. The molecule has 0 N–H and O–H groups in total. The Morgan fingerprint density at radius 2 is 1.08 bits per heavy atom. The van der Waals surface area contributed by atoms with E-state index in [1.54, 1.807) is 0 Å². The van der Waals surface area contributed by atoms with Gasteiger partial charge in [0.05, 0.1) is 0 Å². The number of allylic oxidation sites excluding steroid dienone is 8. The van der Waals surface area contributed by atoms with Crippen LogP contribution in [0.25, 0.3) is 0 Å². The second kappa shape index (κ2) is 6.66. The third kappa shape index (κ3) is 4.73. The summed E-state index contributed by atoms with van der Waals surface area (Å²) in [7, 11) is 0. The minimum Gasteiger partial charge on any atom is -0.0879 e. The third-order valence-electron chi connectivity index (χ3n) is 1.76. The van der Waals surface area contributed by atoms with Gasteiger partial charge in [0, 0.05) is 0 Å². The summed E-state index contributed by atoms with van der Waals surface area (Å²) in [6, 6.07) is 0. The standard InChI is InChI=1S/C12H16/c1-2-4-6-8-10-12-11-9-7-5-3-1/h1-4,7,9-10,12H,5-6,8,11H2/b3-1?,4-2-,9-7+,12-10-. The van der Waals surface area contributed by atoms with E-state index in [9.17, 15) is 0 Å². The summed E-state index contributed by atoms with van der Waals surface area (Å²) < 4.78 is 0. The highest BCUT2D eigenvalue weighted by atomic mass is 13.8. The van der Waals surface area contributed by atoms with Crippen LogP contribution in [-0.4, -0.2) is 0 Å². The zero-order chi connectivity index (χ0) is 8.49. The van der Waals surface area contributed by atoms with E-state index in [2.05, 4.69) is 48.6 Å². The lowest BCUT2D eigenvalue weighted by Crippen LogP contribution is -1.67. The fourth-order valence-electron chi connectivity index (χ4n) is 1.09. The summed E-state index contributed by atoms with van der Waals surface area (Å²) >= 11 is 0. The van der Waals surface area contributed by atoms with E-state index < -0.39 is 0 Å². The Hall–Kier alpha value is -1.04. The molecular formula is C12H16. The van der Waals surface area contributed by atoms with E-state index in [4.69, 9.17) is 0 Å². The van der Waals surface area contributed by atoms with Gasteiger partial charge in [-0.15, -0.1) is 0 Å². The second-order valence-electron chi connectivity index (χ2n) is 2.85. The molecule has 0 radical (unpaired) electrons. The summed E-state index contributed by atoms with van der Waals surface area (Å²) in [6.07, 6.45) is 22.0. The summed E-state index contributed by atoms with van der Waals surface area (Å²) in [5, 5.41) is 0. The lowest BCUT2D eigenvalue weighted by molar-refractivity contribution is 1.04. The van der Waals surface area contributed by atoms with Crippen LogP contribution in [-0.2, 0) is 0 Å². The first-order valence-electron chi connectivity index (χ1n) is 4.62. The molecule has 0 spiro atoms. The molecule has 0 saturated carbocycles. The lowest BCUT2D eigenvalue weighted by Gasteiger charge is -1.88. The first-order chi connectivity index (χ1) is 6.00. The minimum atomic E-state index is 1.05. The Kier molecular flexibility index (Phi) is 5.02. The Balaban J connectivity index is 2.41. The maximum Gasteiger partial charge on any atom is -0.0166 e. The van der Waals surface area contributed by atoms with Gasteiger partial charge in [-0.3, -0.25) is 0 Å². The molecule has 12 heavy (non-hydrogen) atoms. The van der Waals surface area contributed by atoms with Crippen LogP contribution in [0.2, 0.25) is 0 Å². The maximum absolute atomic E-state index is 2.25. The van der Waals surface area contributed by atoms with Gasteiger partial charge in [0.1, 0.15) is 0 Å². The van der Waals surface area contributed by atoms with Crippen molar-refractivity contribution in [2.24, 2.45) is 0 Å². The Morgan fingerprint density at radius 3 is 2.00 bits per heavy atom. The molecule has 0 heteroatoms. The lowest BCUT2D eigenvalue weighted by atomic mass is 10.2. The summed E-state index contributed by atoms with van der Waals surface area (Å²) in [6.45, 7) is 0. The monoisotopic (exact) mass is 160 g/mol. The Bertz CT molecular complexity index is 204. The first-order valence-corrected chi connectivity index (χ1v) is 4.62. The van der Waals surface area contributed by atoms with Crippen LogP contribution in [0.1, 0.15) is 25.7 Å². The molecule has 0 fully saturated rings. The first kappa shape index (κ1) is 9.05. The molecule has 1 rings (SSSR count). The van der Waals surface area contributed by atoms with Gasteiger partial charge in [-0.2, -0.15) is 0 Å². The van der Waals surface area contributed by atoms with Gasteiger partial charge in [0.15, 0.2) is 0 Å². The van der Waals surface area contributed by atoms with Crippen molar-refractivity contribution < 1.29 is 0 Å². The molecule has 0 aromatic carbocycles. The number of hydrogen-bond donors (Lipinski definition) is 0. The summed E-state index contributed by atoms with van der Waals surface area (Å²) in [5.41, 5.74) is 0. The molecule has 0 nitrogen and oxygen atoms in total. The van der Waals surface area contributed by atoms with Crippen LogP contribution < -0.4 is 0 Å². The van der Waals surface area contributed by atoms with Crippen LogP contribution in [0.4, 0.5) is 0 Å². The van der Waals surface area contributed by atoms with Crippen molar-refractivity contribution in [3.8, 4) is 0 Å². The molecule has 0 unspecified atom stereocenters. The molecule has 0 aromatic rings. The van der Waals surface area contributed by atoms with E-state index in [-0.39, 0.29) is 0 Å². The van der Waals surface area contributed by atoms with E-state index in [0.29, 0.717) is 0 Å². The van der Waals surface area contributed by atoms with Crippen LogP contribution in [0.15, 0.2) is 48.6 Å². The normalized spacial score (nSPS) is 26.7. The number of hydrogen-bond acceptors (Lipinski definition) is 0. The van der Waals surface area contributed by atoms with Gasteiger partial charge < -0.3 is 0 Å². The zero-order valence-electron chi connectivity index (χ0n) is 7.45. The highest BCUT2D eigenvalue weighted by molar-refractivity contribution is 5.06. The summed E-state index contributed by atoms with van der Waals surface area (Å²) in [4.78, 5) is 0. The number of rotatable bonds is 0. The maximum atomic E-state index is 2.25. The molecule has 64 valence electrons. The Labute approximate surface area is 75.0 Å². The van der Waals surface area contributed by atoms with Gasteiger partial charge in [0.2, 0.25) is 0 Å². The van der Waals surface area contributed by atoms with Gasteiger partial charge in [-0.25, -0.2) is 0 Å². The largest absolute Gasteiger partial charge is 0.0879 e. The summed E-state index contributed by atoms with van der Waals surface area (Å²) in [5.74, 6) is 0. The molecule has 0 aromatic heterocycles.